The Balaban J connectivity index is 2.01. The lowest BCUT2D eigenvalue weighted by molar-refractivity contribution is -0.133. The molecule has 1 saturated heterocycles. The van der Waals surface area contributed by atoms with Gasteiger partial charge in [0.15, 0.2) is 0 Å². The van der Waals surface area contributed by atoms with E-state index in [1.165, 1.54) is 11.3 Å². The van der Waals surface area contributed by atoms with Crippen LogP contribution in [0.1, 0.15) is 29.9 Å². The zero-order valence-corrected chi connectivity index (χ0v) is 15.6. The Morgan fingerprint density at radius 2 is 2.08 bits per heavy atom. The van der Waals surface area contributed by atoms with Crippen molar-refractivity contribution in [2.75, 3.05) is 19.3 Å². The van der Waals surface area contributed by atoms with Crippen LogP contribution in [0.5, 0.6) is 0 Å². The van der Waals surface area contributed by atoms with Gasteiger partial charge in [0.05, 0.1) is 11.1 Å². The molecule has 2 atom stereocenters. The molecule has 9 heteroatoms. The normalized spacial score (nSPS) is 19.5. The van der Waals surface area contributed by atoms with Crippen LogP contribution >= 0.6 is 11.3 Å². The molecule has 0 bridgehead atoms. The number of rotatable bonds is 6. The molecule has 0 aliphatic carbocycles. The van der Waals surface area contributed by atoms with Crippen molar-refractivity contribution in [1.82, 2.24) is 14.9 Å². The van der Waals surface area contributed by atoms with Gasteiger partial charge in [0.2, 0.25) is 15.9 Å². The quantitative estimate of drug-likeness (QED) is 0.765. The maximum Gasteiger partial charge on any atom is 0.262 e. The highest BCUT2D eigenvalue weighted by atomic mass is 32.2. The molecule has 0 radical (unpaired) electrons. The fourth-order valence-corrected chi connectivity index (χ4v) is 4.11. The number of nitrogens with zero attached hydrogens (tertiary/aromatic N) is 1. The standard InChI is InChI=1S/C15H23N3O4S2/c1-10(2)13(16-14(19)12-5-4-8-23-12)15(20)18-7-6-11(9-18)17-24(3,21)22/h4-5,8,10-11,13,17H,6-7,9H2,1-3H3,(H,16,19). The number of carbonyl (C=O) groups is 2. The molecule has 1 fully saturated rings. The second-order valence-electron chi connectivity index (χ2n) is 6.33. The lowest BCUT2D eigenvalue weighted by atomic mass is 10.0. The van der Waals surface area contributed by atoms with Crippen molar-refractivity contribution in [3.8, 4) is 0 Å². The van der Waals surface area contributed by atoms with Gasteiger partial charge in [-0.1, -0.05) is 19.9 Å². The van der Waals surface area contributed by atoms with Crippen molar-refractivity contribution in [3.63, 3.8) is 0 Å². The topological polar surface area (TPSA) is 95.6 Å². The first-order valence-electron chi connectivity index (χ1n) is 7.78. The minimum absolute atomic E-state index is 0.0664. The minimum atomic E-state index is -3.30. The summed E-state index contributed by atoms with van der Waals surface area (Å²) in [6.07, 6.45) is 1.68. The Morgan fingerprint density at radius 1 is 1.38 bits per heavy atom. The first-order chi connectivity index (χ1) is 11.2. The molecule has 0 aromatic carbocycles. The fourth-order valence-electron chi connectivity index (χ4n) is 2.69. The number of nitrogens with one attached hydrogen (secondary N) is 2. The summed E-state index contributed by atoms with van der Waals surface area (Å²) in [4.78, 5) is 27.1. The lowest BCUT2D eigenvalue weighted by Gasteiger charge is -2.26. The van der Waals surface area contributed by atoms with Crippen LogP contribution < -0.4 is 10.0 Å². The van der Waals surface area contributed by atoms with Crippen LogP contribution in [0.15, 0.2) is 17.5 Å². The Bertz CT molecular complexity index is 686. The van der Waals surface area contributed by atoms with Crippen molar-refractivity contribution in [1.29, 1.82) is 0 Å². The third-order valence-electron chi connectivity index (χ3n) is 3.84. The SMILES string of the molecule is CC(C)C(NC(=O)c1cccs1)C(=O)N1CCC(NS(C)(=O)=O)C1. The average Bonchev–Trinajstić information content (AvgIpc) is 3.12. The van der Waals surface area contributed by atoms with Crippen LogP contribution in [0.3, 0.4) is 0 Å². The van der Waals surface area contributed by atoms with Gasteiger partial charge < -0.3 is 10.2 Å². The summed E-state index contributed by atoms with van der Waals surface area (Å²) in [5.74, 6) is -0.502. The Labute approximate surface area is 146 Å². The molecular weight excluding hydrogens is 350 g/mol. The summed E-state index contributed by atoms with van der Waals surface area (Å²) in [5.41, 5.74) is 0. The second kappa shape index (κ2) is 7.62. The molecule has 1 aliphatic heterocycles. The van der Waals surface area contributed by atoms with E-state index in [0.29, 0.717) is 24.4 Å². The highest BCUT2D eigenvalue weighted by Gasteiger charge is 2.34. The number of carbonyl (C=O) groups excluding carboxylic acids is 2. The largest absolute Gasteiger partial charge is 0.339 e. The van der Waals surface area contributed by atoms with Gasteiger partial charge in [0, 0.05) is 19.1 Å². The van der Waals surface area contributed by atoms with Gasteiger partial charge in [-0.2, -0.15) is 0 Å². The van der Waals surface area contributed by atoms with Crippen molar-refractivity contribution in [3.05, 3.63) is 22.4 Å². The van der Waals surface area contributed by atoms with Gasteiger partial charge >= 0.3 is 0 Å². The van der Waals surface area contributed by atoms with Crippen LogP contribution in [0.25, 0.3) is 0 Å². The van der Waals surface area contributed by atoms with E-state index in [4.69, 9.17) is 0 Å². The smallest absolute Gasteiger partial charge is 0.262 e. The van der Waals surface area contributed by atoms with Crippen LogP contribution in [0, 0.1) is 5.92 Å². The zero-order valence-electron chi connectivity index (χ0n) is 14.0. The summed E-state index contributed by atoms with van der Waals surface area (Å²) in [5, 5.41) is 4.61. The molecule has 2 rings (SSSR count). The summed E-state index contributed by atoms with van der Waals surface area (Å²) >= 11 is 1.32. The monoisotopic (exact) mass is 373 g/mol. The molecule has 2 amide bonds. The highest BCUT2D eigenvalue weighted by Crippen LogP contribution is 2.16. The molecule has 1 aliphatic rings. The van der Waals surface area contributed by atoms with E-state index in [1.54, 1.807) is 17.0 Å². The third-order valence-corrected chi connectivity index (χ3v) is 5.48. The molecule has 2 unspecified atom stereocenters. The number of hydrogen-bond acceptors (Lipinski definition) is 5. The van der Waals surface area contributed by atoms with Crippen LogP contribution in [0.4, 0.5) is 0 Å². The summed E-state index contributed by atoms with van der Waals surface area (Å²) in [6.45, 7) is 4.55. The van der Waals surface area contributed by atoms with E-state index in [1.807, 2.05) is 19.2 Å². The molecule has 0 spiro atoms. The highest BCUT2D eigenvalue weighted by molar-refractivity contribution is 7.88. The van der Waals surface area contributed by atoms with Gasteiger partial charge in [-0.3, -0.25) is 9.59 Å². The van der Waals surface area contributed by atoms with Gasteiger partial charge in [0.25, 0.3) is 5.91 Å². The predicted molar refractivity (Wildman–Crippen MR) is 93.4 cm³/mol. The molecular formula is C15H23N3O4S2. The van der Waals surface area contributed by atoms with Gasteiger partial charge in [0.1, 0.15) is 6.04 Å². The molecule has 2 heterocycles. The van der Waals surface area contributed by atoms with Crippen LogP contribution in [-0.4, -0.2) is 56.6 Å². The third kappa shape index (κ3) is 5.02. The van der Waals surface area contributed by atoms with Crippen LogP contribution in [0.2, 0.25) is 0 Å². The van der Waals surface area contributed by atoms with Gasteiger partial charge in [-0.15, -0.1) is 11.3 Å². The minimum Gasteiger partial charge on any atom is -0.339 e. The molecule has 0 saturated carbocycles. The predicted octanol–water partition coefficient (Wildman–Crippen LogP) is 0.653. The number of amides is 2. The summed E-state index contributed by atoms with van der Waals surface area (Å²) in [7, 11) is -3.30. The average molecular weight is 374 g/mol. The fraction of sp³-hybridized carbons (Fsp3) is 0.600. The number of sulfonamides is 1. The Morgan fingerprint density at radius 3 is 2.62 bits per heavy atom. The van der Waals surface area contributed by atoms with E-state index in [-0.39, 0.29) is 23.8 Å². The number of thiophene rings is 1. The first-order valence-corrected chi connectivity index (χ1v) is 10.5. The lowest BCUT2D eigenvalue weighted by Crippen LogP contribution is -2.51. The summed E-state index contributed by atoms with van der Waals surface area (Å²) in [6, 6.07) is 2.60. The molecule has 7 nitrogen and oxygen atoms in total. The van der Waals surface area contributed by atoms with E-state index in [9.17, 15) is 18.0 Å². The Kier molecular flexibility index (Phi) is 6.00. The molecule has 1 aromatic rings. The number of likely N-dealkylation sites (tertiary alicyclic amines) is 1. The van der Waals surface area contributed by atoms with E-state index in [0.717, 1.165) is 6.26 Å². The van der Waals surface area contributed by atoms with Gasteiger partial charge in [-0.25, -0.2) is 13.1 Å². The maximum absolute atomic E-state index is 12.7. The van der Waals surface area contributed by atoms with E-state index >= 15 is 0 Å². The van der Waals surface area contributed by atoms with Gasteiger partial charge in [-0.05, 0) is 23.8 Å². The van der Waals surface area contributed by atoms with Crippen molar-refractivity contribution in [2.24, 2.45) is 5.92 Å². The van der Waals surface area contributed by atoms with E-state index in [2.05, 4.69) is 10.0 Å². The first kappa shape index (κ1) is 18.9. The molecule has 2 N–H and O–H groups in total. The van der Waals surface area contributed by atoms with E-state index < -0.39 is 16.1 Å². The van der Waals surface area contributed by atoms with Crippen LogP contribution in [-0.2, 0) is 14.8 Å². The zero-order chi connectivity index (χ0) is 17.9. The maximum atomic E-state index is 12.7. The Hall–Kier alpha value is -1.45. The summed E-state index contributed by atoms with van der Waals surface area (Å²) < 4.78 is 25.2. The molecule has 24 heavy (non-hydrogen) atoms. The number of hydrogen-bond donors (Lipinski definition) is 2. The van der Waals surface area contributed by atoms with Crippen molar-refractivity contribution >= 4 is 33.2 Å². The van der Waals surface area contributed by atoms with Crippen molar-refractivity contribution in [2.45, 2.75) is 32.4 Å². The molecule has 134 valence electrons. The van der Waals surface area contributed by atoms with Crippen molar-refractivity contribution < 1.29 is 18.0 Å². The molecule has 1 aromatic heterocycles. The second-order valence-corrected chi connectivity index (χ2v) is 9.06.